The smallest absolute Gasteiger partial charge is 0.156 e. The Labute approximate surface area is 183 Å². The van der Waals surface area contributed by atoms with Gasteiger partial charge in [-0.1, -0.05) is 42.5 Å². The Morgan fingerprint density at radius 2 is 1.48 bits per heavy atom. The second-order valence-corrected chi connectivity index (χ2v) is 10.9. The third-order valence-electron chi connectivity index (χ3n) is 5.92. The predicted molar refractivity (Wildman–Crippen MR) is 126 cm³/mol. The van der Waals surface area contributed by atoms with Crippen molar-refractivity contribution in [3.05, 3.63) is 90.1 Å². The van der Waals surface area contributed by atoms with Crippen molar-refractivity contribution < 1.29 is 13.5 Å². The normalized spacial score (nSPS) is 12.3. The molecule has 31 heavy (non-hydrogen) atoms. The van der Waals surface area contributed by atoms with E-state index in [9.17, 15) is 13.5 Å². The van der Waals surface area contributed by atoms with Crippen LogP contribution < -0.4 is 0 Å². The number of fused-ring (bicyclic) bond motifs is 1. The van der Waals surface area contributed by atoms with Crippen molar-refractivity contribution in [1.82, 2.24) is 4.98 Å². The van der Waals surface area contributed by atoms with Crippen LogP contribution in [0.15, 0.2) is 79.0 Å². The summed E-state index contributed by atoms with van der Waals surface area (Å²) in [4.78, 5) is 4.49. The molecule has 0 saturated heterocycles. The molecule has 0 unspecified atom stereocenters. The van der Waals surface area contributed by atoms with Crippen LogP contribution in [0.3, 0.4) is 0 Å². The molecule has 1 N–H and O–H groups in total. The highest BCUT2D eigenvalue weighted by molar-refractivity contribution is 7.91. The van der Waals surface area contributed by atoms with E-state index in [-0.39, 0.29) is 6.61 Å². The standard InChI is InChI=1S/C26H25NO3S/c1-26(2,31(3,29)30)24-16-23(15-22-11-6-12-27-25(22)24)21-10-5-9-20(14-21)19-8-4-7-18(13-19)17-28/h4-16,28H,17H2,1-3H3. The fourth-order valence-electron chi connectivity index (χ4n) is 3.75. The minimum Gasteiger partial charge on any atom is -0.392 e. The maximum Gasteiger partial charge on any atom is 0.156 e. The molecule has 4 rings (SSSR count). The van der Waals surface area contributed by atoms with Gasteiger partial charge in [0.25, 0.3) is 0 Å². The highest BCUT2D eigenvalue weighted by Crippen LogP contribution is 2.37. The predicted octanol–water partition coefficient (Wildman–Crippen LogP) is 5.34. The van der Waals surface area contributed by atoms with E-state index < -0.39 is 14.6 Å². The molecule has 0 radical (unpaired) electrons. The van der Waals surface area contributed by atoms with Crippen LogP contribution in [-0.2, 0) is 21.2 Å². The fourth-order valence-corrected chi connectivity index (χ4v) is 4.30. The summed E-state index contributed by atoms with van der Waals surface area (Å²) in [5, 5.41) is 10.4. The summed E-state index contributed by atoms with van der Waals surface area (Å²) in [7, 11) is -3.37. The summed E-state index contributed by atoms with van der Waals surface area (Å²) >= 11 is 0. The number of hydrogen-bond acceptors (Lipinski definition) is 4. The van der Waals surface area contributed by atoms with Gasteiger partial charge in [-0.05, 0) is 77.6 Å². The van der Waals surface area contributed by atoms with E-state index in [4.69, 9.17) is 0 Å². The molecule has 4 aromatic rings. The SMILES string of the molecule is CC(C)(c1cc(-c2cccc(-c3cccc(CO)c3)c2)cc2cccnc12)S(C)(=O)=O. The molecule has 0 aliphatic heterocycles. The lowest BCUT2D eigenvalue weighted by molar-refractivity contribution is 0.282. The Morgan fingerprint density at radius 3 is 2.16 bits per heavy atom. The molecule has 0 bridgehead atoms. The van der Waals surface area contributed by atoms with Crippen LogP contribution in [0, 0.1) is 0 Å². The van der Waals surface area contributed by atoms with Crippen LogP contribution in [0.5, 0.6) is 0 Å². The summed E-state index contributed by atoms with van der Waals surface area (Å²) in [6, 6.07) is 23.8. The molecule has 1 aromatic heterocycles. The van der Waals surface area contributed by atoms with E-state index in [1.807, 2.05) is 66.7 Å². The summed E-state index contributed by atoms with van der Waals surface area (Å²) < 4.78 is 24.1. The zero-order chi connectivity index (χ0) is 22.2. The van der Waals surface area contributed by atoms with E-state index in [0.717, 1.165) is 33.2 Å². The van der Waals surface area contributed by atoms with Crippen LogP contribution in [-0.4, -0.2) is 24.8 Å². The first-order chi connectivity index (χ1) is 14.7. The second-order valence-electron chi connectivity index (χ2n) is 8.32. The van der Waals surface area contributed by atoms with Crippen LogP contribution in [0.1, 0.15) is 25.0 Å². The Bertz CT molecular complexity index is 1370. The number of pyridine rings is 1. The van der Waals surface area contributed by atoms with Gasteiger partial charge in [-0.15, -0.1) is 0 Å². The number of sulfone groups is 1. The average Bonchev–Trinajstić information content (AvgIpc) is 2.77. The third-order valence-corrected chi connectivity index (χ3v) is 7.99. The zero-order valence-corrected chi connectivity index (χ0v) is 18.6. The van der Waals surface area contributed by atoms with E-state index >= 15 is 0 Å². The van der Waals surface area contributed by atoms with Crippen molar-refractivity contribution in [2.45, 2.75) is 25.2 Å². The molecular formula is C26H25NO3S. The molecule has 0 aliphatic rings. The monoisotopic (exact) mass is 431 g/mol. The van der Waals surface area contributed by atoms with Crippen molar-refractivity contribution in [3.8, 4) is 22.3 Å². The maximum absolute atomic E-state index is 12.6. The molecule has 3 aromatic carbocycles. The zero-order valence-electron chi connectivity index (χ0n) is 17.8. The molecule has 0 aliphatic carbocycles. The Balaban J connectivity index is 1.92. The first-order valence-electron chi connectivity index (χ1n) is 10.1. The van der Waals surface area contributed by atoms with Gasteiger partial charge in [-0.2, -0.15) is 0 Å². The van der Waals surface area contributed by atoms with E-state index in [0.29, 0.717) is 11.1 Å². The minimum atomic E-state index is -3.37. The number of aliphatic hydroxyl groups is 1. The molecule has 0 fully saturated rings. The number of aliphatic hydroxyl groups excluding tert-OH is 1. The molecule has 0 atom stereocenters. The van der Waals surface area contributed by atoms with Gasteiger partial charge in [-0.3, -0.25) is 4.98 Å². The van der Waals surface area contributed by atoms with Gasteiger partial charge in [0.15, 0.2) is 9.84 Å². The average molecular weight is 432 g/mol. The topological polar surface area (TPSA) is 67.3 Å². The molecule has 5 heteroatoms. The molecule has 4 nitrogen and oxygen atoms in total. The largest absolute Gasteiger partial charge is 0.392 e. The van der Waals surface area contributed by atoms with Gasteiger partial charge in [0.2, 0.25) is 0 Å². The minimum absolute atomic E-state index is 0.00482. The molecule has 0 spiro atoms. The van der Waals surface area contributed by atoms with Crippen LogP contribution in [0.2, 0.25) is 0 Å². The van der Waals surface area contributed by atoms with Gasteiger partial charge in [-0.25, -0.2) is 8.42 Å². The first kappa shape index (κ1) is 21.2. The van der Waals surface area contributed by atoms with Gasteiger partial charge < -0.3 is 5.11 Å². The van der Waals surface area contributed by atoms with Crippen molar-refractivity contribution in [1.29, 1.82) is 0 Å². The lowest BCUT2D eigenvalue weighted by Gasteiger charge is -2.25. The first-order valence-corrected chi connectivity index (χ1v) is 12.0. The lowest BCUT2D eigenvalue weighted by atomic mass is 9.92. The van der Waals surface area contributed by atoms with Gasteiger partial charge in [0.05, 0.1) is 16.9 Å². The second kappa shape index (κ2) is 7.91. The fraction of sp³-hybridized carbons (Fsp3) is 0.192. The third kappa shape index (κ3) is 3.99. The van der Waals surface area contributed by atoms with Crippen molar-refractivity contribution in [2.75, 3.05) is 6.26 Å². The number of aromatic nitrogens is 1. The maximum atomic E-state index is 12.6. The summed E-state index contributed by atoms with van der Waals surface area (Å²) in [6.07, 6.45) is 2.96. The summed E-state index contributed by atoms with van der Waals surface area (Å²) in [6.45, 7) is 3.45. The molecule has 0 amide bonds. The van der Waals surface area contributed by atoms with Crippen LogP contribution in [0.4, 0.5) is 0 Å². The highest BCUT2D eigenvalue weighted by Gasteiger charge is 2.34. The summed E-state index contributed by atoms with van der Waals surface area (Å²) in [5.41, 5.74) is 6.23. The van der Waals surface area contributed by atoms with E-state index in [1.165, 1.54) is 6.26 Å². The van der Waals surface area contributed by atoms with Crippen molar-refractivity contribution in [2.24, 2.45) is 0 Å². The summed E-state index contributed by atoms with van der Waals surface area (Å²) in [5.74, 6) is 0. The van der Waals surface area contributed by atoms with E-state index in [2.05, 4.69) is 11.1 Å². The Kier molecular flexibility index (Phi) is 5.42. The van der Waals surface area contributed by atoms with E-state index in [1.54, 1.807) is 20.0 Å². The molecule has 0 saturated carbocycles. The van der Waals surface area contributed by atoms with Crippen molar-refractivity contribution in [3.63, 3.8) is 0 Å². The number of rotatable bonds is 5. The Hall–Kier alpha value is -3.02. The Morgan fingerprint density at radius 1 is 0.839 bits per heavy atom. The molecule has 158 valence electrons. The van der Waals surface area contributed by atoms with Crippen LogP contribution >= 0.6 is 0 Å². The number of nitrogens with zero attached hydrogens (tertiary/aromatic N) is 1. The lowest BCUT2D eigenvalue weighted by Crippen LogP contribution is -2.28. The van der Waals surface area contributed by atoms with Gasteiger partial charge in [0, 0.05) is 17.8 Å². The molecule has 1 heterocycles. The van der Waals surface area contributed by atoms with Crippen molar-refractivity contribution >= 4 is 20.7 Å². The number of hydrogen-bond donors (Lipinski definition) is 1. The van der Waals surface area contributed by atoms with Gasteiger partial charge in [0.1, 0.15) is 0 Å². The van der Waals surface area contributed by atoms with Gasteiger partial charge >= 0.3 is 0 Å². The molecular weight excluding hydrogens is 406 g/mol. The highest BCUT2D eigenvalue weighted by atomic mass is 32.2. The quantitative estimate of drug-likeness (QED) is 0.463. The van der Waals surface area contributed by atoms with Crippen LogP contribution in [0.25, 0.3) is 33.2 Å². The number of benzene rings is 3.